The Labute approximate surface area is 140 Å². The van der Waals surface area contributed by atoms with Gasteiger partial charge in [0.2, 0.25) is 0 Å². The van der Waals surface area contributed by atoms with E-state index >= 15 is 0 Å². The molecule has 3 unspecified atom stereocenters. The summed E-state index contributed by atoms with van der Waals surface area (Å²) in [5, 5.41) is 13.0. The van der Waals surface area contributed by atoms with Crippen LogP contribution in [0.25, 0.3) is 0 Å². The second-order valence-electron chi connectivity index (χ2n) is 7.11. The molecule has 1 saturated carbocycles. The maximum absolute atomic E-state index is 12.1. The minimum absolute atomic E-state index is 0.00479. The Bertz CT molecular complexity index is 357. The highest BCUT2D eigenvalue weighted by Gasteiger charge is 2.35. The number of amides is 1. The number of nitrogens with one attached hydrogen (secondary N) is 1. The van der Waals surface area contributed by atoms with Gasteiger partial charge in [0.1, 0.15) is 5.60 Å². The SMILES string of the molecule is CCOCCN(CC)C1CC(O)CCC1NC(=O)OC(C)(C)C. The van der Waals surface area contributed by atoms with E-state index in [0.29, 0.717) is 26.1 Å². The molecule has 0 saturated heterocycles. The lowest BCUT2D eigenvalue weighted by Gasteiger charge is -2.41. The average Bonchev–Trinajstić information content (AvgIpc) is 2.44. The third-order valence-corrected chi connectivity index (χ3v) is 4.09. The van der Waals surface area contributed by atoms with E-state index in [1.807, 2.05) is 27.7 Å². The molecule has 0 bridgehead atoms. The monoisotopic (exact) mass is 330 g/mol. The Morgan fingerprint density at radius 2 is 2.00 bits per heavy atom. The second kappa shape index (κ2) is 9.45. The van der Waals surface area contributed by atoms with Gasteiger partial charge in [0.15, 0.2) is 0 Å². The van der Waals surface area contributed by atoms with Gasteiger partial charge in [-0.2, -0.15) is 0 Å². The van der Waals surface area contributed by atoms with Crippen LogP contribution in [0.2, 0.25) is 0 Å². The Balaban J connectivity index is 2.67. The van der Waals surface area contributed by atoms with Gasteiger partial charge >= 0.3 is 6.09 Å². The Kier molecular flexibility index (Phi) is 8.29. The largest absolute Gasteiger partial charge is 0.444 e. The summed E-state index contributed by atoms with van der Waals surface area (Å²) in [4.78, 5) is 14.4. The summed E-state index contributed by atoms with van der Waals surface area (Å²) < 4.78 is 10.8. The summed E-state index contributed by atoms with van der Waals surface area (Å²) in [5.41, 5.74) is -0.507. The van der Waals surface area contributed by atoms with Crippen molar-refractivity contribution < 1.29 is 19.4 Å². The molecule has 0 spiro atoms. The average molecular weight is 330 g/mol. The maximum Gasteiger partial charge on any atom is 0.407 e. The molecule has 6 heteroatoms. The fraction of sp³-hybridized carbons (Fsp3) is 0.941. The molecular weight excluding hydrogens is 296 g/mol. The van der Waals surface area contributed by atoms with E-state index in [4.69, 9.17) is 9.47 Å². The van der Waals surface area contributed by atoms with Crippen molar-refractivity contribution in [3.63, 3.8) is 0 Å². The first-order valence-corrected chi connectivity index (χ1v) is 8.76. The molecule has 1 rings (SSSR count). The van der Waals surface area contributed by atoms with Gasteiger partial charge in [0, 0.05) is 25.2 Å². The van der Waals surface area contributed by atoms with Gasteiger partial charge in [-0.25, -0.2) is 4.79 Å². The van der Waals surface area contributed by atoms with Crippen molar-refractivity contribution in [3.8, 4) is 0 Å². The molecule has 0 aromatic rings. The van der Waals surface area contributed by atoms with Crippen LogP contribution in [0, 0.1) is 0 Å². The number of aliphatic hydroxyl groups is 1. The van der Waals surface area contributed by atoms with E-state index < -0.39 is 5.60 Å². The van der Waals surface area contributed by atoms with Crippen molar-refractivity contribution in [2.45, 2.75) is 77.7 Å². The number of ether oxygens (including phenoxy) is 2. The molecule has 0 aromatic carbocycles. The maximum atomic E-state index is 12.1. The molecule has 2 N–H and O–H groups in total. The Morgan fingerprint density at radius 3 is 2.57 bits per heavy atom. The molecule has 23 heavy (non-hydrogen) atoms. The summed E-state index contributed by atoms with van der Waals surface area (Å²) in [5.74, 6) is 0. The summed E-state index contributed by atoms with van der Waals surface area (Å²) in [6.07, 6.45) is 1.44. The Morgan fingerprint density at radius 1 is 1.30 bits per heavy atom. The van der Waals surface area contributed by atoms with Crippen LogP contribution >= 0.6 is 0 Å². The number of hydrogen-bond donors (Lipinski definition) is 2. The zero-order valence-electron chi connectivity index (χ0n) is 15.3. The summed E-state index contributed by atoms with van der Waals surface area (Å²) in [6.45, 7) is 12.7. The number of alkyl carbamates (subject to hydrolysis) is 1. The molecule has 0 radical (unpaired) electrons. The number of rotatable bonds is 7. The lowest BCUT2D eigenvalue weighted by Crippen LogP contribution is -2.56. The van der Waals surface area contributed by atoms with Crippen LogP contribution in [0.3, 0.4) is 0 Å². The van der Waals surface area contributed by atoms with Crippen LogP contribution in [-0.4, -0.2) is 66.2 Å². The van der Waals surface area contributed by atoms with E-state index in [-0.39, 0.29) is 24.3 Å². The summed E-state index contributed by atoms with van der Waals surface area (Å²) in [6, 6.07) is 0.103. The standard InChI is InChI=1S/C17H34N2O4/c1-6-19(10-11-22-7-2)15-12-13(20)8-9-14(15)18-16(21)23-17(3,4)5/h13-15,20H,6-12H2,1-5H3,(H,18,21). The topological polar surface area (TPSA) is 71.0 Å². The Hall–Kier alpha value is -0.850. The molecular formula is C17H34N2O4. The first-order chi connectivity index (χ1) is 10.8. The molecule has 1 aliphatic rings. The molecule has 1 fully saturated rings. The molecule has 0 aromatic heterocycles. The van der Waals surface area contributed by atoms with Gasteiger partial charge in [-0.3, -0.25) is 4.90 Å². The molecule has 3 atom stereocenters. The van der Waals surface area contributed by atoms with E-state index in [1.165, 1.54) is 0 Å². The van der Waals surface area contributed by atoms with Gasteiger partial charge in [-0.05, 0) is 53.5 Å². The third kappa shape index (κ3) is 7.50. The smallest absolute Gasteiger partial charge is 0.407 e. The minimum atomic E-state index is -0.507. The van der Waals surface area contributed by atoms with Gasteiger partial charge in [-0.1, -0.05) is 6.92 Å². The molecule has 136 valence electrons. The molecule has 1 amide bonds. The van der Waals surface area contributed by atoms with Crippen molar-refractivity contribution >= 4 is 6.09 Å². The zero-order valence-corrected chi connectivity index (χ0v) is 15.3. The number of nitrogens with zero attached hydrogens (tertiary/aromatic N) is 1. The van der Waals surface area contributed by atoms with Crippen LogP contribution in [0.1, 0.15) is 53.9 Å². The number of hydrogen-bond acceptors (Lipinski definition) is 5. The van der Waals surface area contributed by atoms with Crippen LogP contribution in [0.15, 0.2) is 0 Å². The lowest BCUT2D eigenvalue weighted by atomic mass is 9.87. The zero-order chi connectivity index (χ0) is 17.5. The third-order valence-electron chi connectivity index (χ3n) is 4.09. The fourth-order valence-electron chi connectivity index (χ4n) is 3.04. The predicted molar refractivity (Wildman–Crippen MR) is 90.5 cm³/mol. The van der Waals surface area contributed by atoms with Crippen LogP contribution in [0.5, 0.6) is 0 Å². The van der Waals surface area contributed by atoms with Crippen molar-refractivity contribution in [1.82, 2.24) is 10.2 Å². The van der Waals surface area contributed by atoms with Crippen LogP contribution < -0.4 is 5.32 Å². The van der Waals surface area contributed by atoms with Gasteiger partial charge in [-0.15, -0.1) is 0 Å². The molecule has 0 aliphatic heterocycles. The summed E-state index contributed by atoms with van der Waals surface area (Å²) >= 11 is 0. The van der Waals surface area contributed by atoms with Crippen LogP contribution in [-0.2, 0) is 9.47 Å². The lowest BCUT2D eigenvalue weighted by molar-refractivity contribution is 0.0155. The molecule has 0 heterocycles. The molecule has 1 aliphatic carbocycles. The van der Waals surface area contributed by atoms with Gasteiger partial charge in [0.25, 0.3) is 0 Å². The normalized spacial score (nSPS) is 25.4. The second-order valence-corrected chi connectivity index (χ2v) is 7.11. The predicted octanol–water partition coefficient (Wildman–Crippen LogP) is 2.15. The van der Waals surface area contributed by atoms with E-state index in [2.05, 4.69) is 17.1 Å². The summed E-state index contributed by atoms with van der Waals surface area (Å²) in [7, 11) is 0. The van der Waals surface area contributed by atoms with Crippen molar-refractivity contribution in [1.29, 1.82) is 0 Å². The number of carbonyl (C=O) groups excluding carboxylic acids is 1. The highest BCUT2D eigenvalue weighted by molar-refractivity contribution is 5.68. The number of likely N-dealkylation sites (N-methyl/N-ethyl adjacent to an activating group) is 1. The van der Waals surface area contributed by atoms with Crippen molar-refractivity contribution in [3.05, 3.63) is 0 Å². The van der Waals surface area contributed by atoms with Crippen LogP contribution in [0.4, 0.5) is 4.79 Å². The van der Waals surface area contributed by atoms with E-state index in [0.717, 1.165) is 19.5 Å². The highest BCUT2D eigenvalue weighted by Crippen LogP contribution is 2.24. The number of aliphatic hydroxyl groups excluding tert-OH is 1. The van der Waals surface area contributed by atoms with Gasteiger partial charge < -0.3 is 19.9 Å². The van der Waals surface area contributed by atoms with E-state index in [1.54, 1.807) is 0 Å². The highest BCUT2D eigenvalue weighted by atomic mass is 16.6. The molecule has 6 nitrogen and oxygen atoms in total. The van der Waals surface area contributed by atoms with Gasteiger partial charge in [0.05, 0.1) is 12.7 Å². The number of carbonyl (C=O) groups is 1. The van der Waals surface area contributed by atoms with Crippen molar-refractivity contribution in [2.24, 2.45) is 0 Å². The first-order valence-electron chi connectivity index (χ1n) is 8.76. The quantitative estimate of drug-likeness (QED) is 0.700. The minimum Gasteiger partial charge on any atom is -0.444 e. The van der Waals surface area contributed by atoms with E-state index in [9.17, 15) is 9.90 Å². The van der Waals surface area contributed by atoms with Crippen molar-refractivity contribution in [2.75, 3.05) is 26.3 Å². The fourth-order valence-corrected chi connectivity index (χ4v) is 3.04. The first kappa shape index (κ1) is 20.2.